The van der Waals surface area contributed by atoms with E-state index in [0.29, 0.717) is 16.8 Å². The van der Waals surface area contributed by atoms with Gasteiger partial charge in [0.05, 0.1) is 16.7 Å². The number of nitrogens with one attached hydrogen (secondary N) is 2. The summed E-state index contributed by atoms with van der Waals surface area (Å²) in [7, 11) is -3.74. The van der Waals surface area contributed by atoms with Crippen molar-refractivity contribution in [3.05, 3.63) is 124 Å². The van der Waals surface area contributed by atoms with E-state index in [1.54, 1.807) is 54.6 Å². The molecule has 1 amide bonds. The molecule has 0 unspecified atom stereocenters. The number of carbonyl (C=O) groups excluding carboxylic acids is 2. The molecule has 4 aromatic rings. The van der Waals surface area contributed by atoms with Gasteiger partial charge in [-0.25, -0.2) is 18.6 Å². The fourth-order valence-corrected chi connectivity index (χ4v) is 4.83. The van der Waals surface area contributed by atoms with Crippen LogP contribution in [0.3, 0.4) is 0 Å². The molecular weight excluding hydrogens is 570 g/mol. The number of hydrogen-bond acceptors (Lipinski definition) is 6. The fraction of sp³-hybridized carbons (Fsp3) is 0.0357. The second kappa shape index (κ2) is 11.8. The number of hydrazone groups is 1. The number of amides is 1. The molecule has 0 aliphatic heterocycles. The number of aryl methyl sites for hydroxylation is 1. The Balaban J connectivity index is 1.41. The van der Waals surface area contributed by atoms with Crippen LogP contribution in [0, 0.1) is 6.92 Å². The van der Waals surface area contributed by atoms with Crippen molar-refractivity contribution in [3.63, 3.8) is 0 Å². The molecule has 192 valence electrons. The van der Waals surface area contributed by atoms with Crippen LogP contribution < -0.4 is 14.9 Å². The van der Waals surface area contributed by atoms with Crippen molar-refractivity contribution in [2.75, 3.05) is 4.72 Å². The van der Waals surface area contributed by atoms with E-state index in [4.69, 9.17) is 4.74 Å². The van der Waals surface area contributed by atoms with Crippen LogP contribution in [-0.2, 0) is 10.0 Å². The summed E-state index contributed by atoms with van der Waals surface area (Å²) in [5, 5.41) is 3.99. The first kappa shape index (κ1) is 26.8. The predicted molar refractivity (Wildman–Crippen MR) is 149 cm³/mol. The van der Waals surface area contributed by atoms with Crippen molar-refractivity contribution < 1.29 is 22.7 Å². The highest BCUT2D eigenvalue weighted by atomic mass is 79.9. The van der Waals surface area contributed by atoms with E-state index in [-0.39, 0.29) is 16.2 Å². The number of hydrogen-bond donors (Lipinski definition) is 2. The molecule has 38 heavy (non-hydrogen) atoms. The van der Waals surface area contributed by atoms with Gasteiger partial charge in [-0.05, 0) is 73.7 Å². The molecule has 4 aromatic carbocycles. The van der Waals surface area contributed by atoms with Gasteiger partial charge in [-0.1, -0.05) is 51.8 Å². The second-order valence-corrected chi connectivity index (χ2v) is 10.7. The summed E-state index contributed by atoms with van der Waals surface area (Å²) in [5.41, 5.74) is 4.80. The molecule has 0 radical (unpaired) electrons. The summed E-state index contributed by atoms with van der Waals surface area (Å²) in [5.74, 6) is -0.752. The van der Waals surface area contributed by atoms with Crippen molar-refractivity contribution in [2.45, 2.75) is 11.8 Å². The number of benzene rings is 4. The third-order valence-electron chi connectivity index (χ3n) is 5.25. The quantitative estimate of drug-likeness (QED) is 0.121. The molecule has 0 fully saturated rings. The van der Waals surface area contributed by atoms with E-state index < -0.39 is 21.9 Å². The minimum atomic E-state index is -3.74. The van der Waals surface area contributed by atoms with Gasteiger partial charge in [-0.3, -0.25) is 9.52 Å². The van der Waals surface area contributed by atoms with Crippen molar-refractivity contribution in [1.82, 2.24) is 5.43 Å². The standard InChI is InChI=1S/C28H22BrN3O5S/c1-19-6-5-7-21(16-19)28(34)37-26-15-12-23(29)17-22(26)18-30-31-27(33)20-10-13-24(14-11-20)32-38(35,36)25-8-3-2-4-9-25/h2-18,32H,1H3,(H,31,33)/b30-18-. The molecule has 0 atom stereocenters. The molecular formula is C28H22BrN3O5S. The SMILES string of the molecule is Cc1cccc(C(=O)Oc2ccc(Br)cc2/C=N\NC(=O)c2ccc(NS(=O)(=O)c3ccccc3)cc2)c1. The van der Waals surface area contributed by atoms with Gasteiger partial charge in [0.15, 0.2) is 0 Å². The molecule has 4 rings (SSSR count). The number of esters is 1. The Morgan fingerprint density at radius 1 is 0.868 bits per heavy atom. The van der Waals surface area contributed by atoms with Gasteiger partial charge in [0.25, 0.3) is 15.9 Å². The van der Waals surface area contributed by atoms with E-state index in [9.17, 15) is 18.0 Å². The van der Waals surface area contributed by atoms with Gasteiger partial charge >= 0.3 is 5.97 Å². The maximum Gasteiger partial charge on any atom is 0.343 e. The van der Waals surface area contributed by atoms with E-state index in [1.807, 2.05) is 13.0 Å². The summed E-state index contributed by atoms with van der Waals surface area (Å²) in [6.07, 6.45) is 1.36. The molecule has 2 N–H and O–H groups in total. The number of ether oxygens (including phenoxy) is 1. The Kier molecular flexibility index (Phi) is 8.35. The van der Waals surface area contributed by atoms with Crippen LogP contribution in [0.15, 0.2) is 112 Å². The zero-order chi connectivity index (χ0) is 27.1. The minimum Gasteiger partial charge on any atom is -0.422 e. The van der Waals surface area contributed by atoms with Crippen LogP contribution >= 0.6 is 15.9 Å². The molecule has 0 aliphatic rings. The van der Waals surface area contributed by atoms with Crippen molar-refractivity contribution in [1.29, 1.82) is 0 Å². The molecule has 0 aliphatic carbocycles. The number of anilines is 1. The second-order valence-electron chi connectivity index (χ2n) is 8.14. The van der Waals surface area contributed by atoms with Crippen LogP contribution in [0.25, 0.3) is 0 Å². The van der Waals surface area contributed by atoms with Gasteiger partial charge in [-0.15, -0.1) is 0 Å². The molecule has 0 heterocycles. The monoisotopic (exact) mass is 591 g/mol. The summed E-state index contributed by atoms with van der Waals surface area (Å²) < 4.78 is 33.7. The van der Waals surface area contributed by atoms with Crippen molar-refractivity contribution in [3.8, 4) is 5.75 Å². The molecule has 0 saturated carbocycles. The summed E-state index contributed by atoms with van der Waals surface area (Å²) in [6, 6.07) is 26.0. The lowest BCUT2D eigenvalue weighted by Gasteiger charge is -2.09. The first-order chi connectivity index (χ1) is 18.2. The van der Waals surface area contributed by atoms with Gasteiger partial charge in [-0.2, -0.15) is 5.10 Å². The normalized spacial score (nSPS) is 11.2. The smallest absolute Gasteiger partial charge is 0.343 e. The lowest BCUT2D eigenvalue weighted by atomic mass is 10.1. The third-order valence-corrected chi connectivity index (χ3v) is 7.14. The number of halogens is 1. The summed E-state index contributed by atoms with van der Waals surface area (Å²) >= 11 is 3.38. The third kappa shape index (κ3) is 6.93. The van der Waals surface area contributed by atoms with Crippen LogP contribution in [0.4, 0.5) is 5.69 Å². The van der Waals surface area contributed by atoms with E-state index in [1.165, 1.54) is 42.6 Å². The van der Waals surface area contributed by atoms with Crippen molar-refractivity contribution >= 4 is 49.7 Å². The van der Waals surface area contributed by atoms with E-state index in [2.05, 4.69) is 31.2 Å². The Morgan fingerprint density at radius 3 is 2.32 bits per heavy atom. The molecule has 0 saturated heterocycles. The average molecular weight is 592 g/mol. The number of rotatable bonds is 8. The predicted octanol–water partition coefficient (Wildman–Crippen LogP) is 5.54. The zero-order valence-corrected chi connectivity index (χ0v) is 22.5. The van der Waals surface area contributed by atoms with Crippen LogP contribution in [0.1, 0.15) is 31.8 Å². The van der Waals surface area contributed by atoms with Crippen LogP contribution in [0.2, 0.25) is 0 Å². The topological polar surface area (TPSA) is 114 Å². The molecule has 0 bridgehead atoms. The Hall–Kier alpha value is -4.28. The average Bonchev–Trinajstić information content (AvgIpc) is 2.90. The Labute approximate surface area is 228 Å². The molecule has 10 heteroatoms. The van der Waals surface area contributed by atoms with Gasteiger partial charge in [0, 0.05) is 21.3 Å². The lowest BCUT2D eigenvalue weighted by molar-refractivity contribution is 0.0734. The number of sulfonamides is 1. The van der Waals surface area contributed by atoms with Crippen LogP contribution in [-0.4, -0.2) is 26.5 Å². The van der Waals surface area contributed by atoms with E-state index in [0.717, 1.165) is 10.0 Å². The van der Waals surface area contributed by atoms with Gasteiger partial charge in [0.2, 0.25) is 0 Å². The largest absolute Gasteiger partial charge is 0.422 e. The Morgan fingerprint density at radius 2 is 1.61 bits per heavy atom. The highest BCUT2D eigenvalue weighted by molar-refractivity contribution is 9.10. The lowest BCUT2D eigenvalue weighted by Crippen LogP contribution is -2.18. The number of nitrogens with zero attached hydrogens (tertiary/aromatic N) is 1. The Bertz CT molecular complexity index is 1610. The molecule has 0 spiro atoms. The first-order valence-electron chi connectivity index (χ1n) is 11.3. The molecule has 8 nitrogen and oxygen atoms in total. The highest BCUT2D eigenvalue weighted by Gasteiger charge is 2.14. The van der Waals surface area contributed by atoms with Crippen molar-refractivity contribution in [2.24, 2.45) is 5.10 Å². The first-order valence-corrected chi connectivity index (χ1v) is 13.6. The van der Waals surface area contributed by atoms with Gasteiger partial charge < -0.3 is 4.74 Å². The summed E-state index contributed by atoms with van der Waals surface area (Å²) in [4.78, 5) is 25.2. The maximum atomic E-state index is 12.6. The molecule has 0 aromatic heterocycles. The zero-order valence-electron chi connectivity index (χ0n) is 20.1. The van der Waals surface area contributed by atoms with Crippen LogP contribution in [0.5, 0.6) is 5.75 Å². The minimum absolute atomic E-state index is 0.132. The fourth-order valence-electron chi connectivity index (χ4n) is 3.37. The summed E-state index contributed by atoms with van der Waals surface area (Å²) in [6.45, 7) is 1.88. The van der Waals surface area contributed by atoms with Gasteiger partial charge in [0.1, 0.15) is 5.75 Å². The maximum absolute atomic E-state index is 12.6. The number of carbonyl (C=O) groups is 2. The van der Waals surface area contributed by atoms with E-state index >= 15 is 0 Å². The highest BCUT2D eigenvalue weighted by Crippen LogP contribution is 2.23.